The van der Waals surface area contributed by atoms with Crippen LogP contribution in [0.2, 0.25) is 0 Å². The minimum atomic E-state index is 0.614. The van der Waals surface area contributed by atoms with E-state index in [1.807, 2.05) is 0 Å². The van der Waals surface area contributed by atoms with Gasteiger partial charge in [-0.1, -0.05) is 48.5 Å². The topological polar surface area (TPSA) is 12.0 Å². The predicted molar refractivity (Wildman–Crippen MR) is 94.2 cm³/mol. The molecule has 1 saturated heterocycles. The van der Waals surface area contributed by atoms with E-state index in [0.29, 0.717) is 6.04 Å². The van der Waals surface area contributed by atoms with Gasteiger partial charge in [0, 0.05) is 24.6 Å². The number of hydrogen-bond donors (Lipinski definition) is 1. The summed E-state index contributed by atoms with van der Waals surface area (Å²) in [5.41, 5.74) is 4.08. The smallest absolute Gasteiger partial charge is 0.0802 e. The van der Waals surface area contributed by atoms with Crippen molar-refractivity contribution >= 4 is 5.69 Å². The molecule has 0 spiro atoms. The summed E-state index contributed by atoms with van der Waals surface area (Å²) in [6, 6.07) is 20.1. The Balaban J connectivity index is 1.69. The molecular weight excluding hydrogens is 268 g/mol. The Labute approximate surface area is 134 Å². The van der Waals surface area contributed by atoms with E-state index >= 15 is 0 Å². The van der Waals surface area contributed by atoms with Crippen LogP contribution in [0.4, 0.5) is 5.69 Å². The van der Waals surface area contributed by atoms with Crippen molar-refractivity contribution in [3.05, 3.63) is 65.7 Å². The highest BCUT2D eigenvalue weighted by atomic mass is 15.3. The average molecular weight is 295 g/mol. The predicted octanol–water partition coefficient (Wildman–Crippen LogP) is 3.93. The summed E-state index contributed by atoms with van der Waals surface area (Å²) < 4.78 is 1.16. The molecule has 0 aromatic heterocycles. The van der Waals surface area contributed by atoms with Crippen molar-refractivity contribution < 1.29 is 4.48 Å². The maximum Gasteiger partial charge on any atom is 0.0802 e. The zero-order chi connectivity index (χ0) is 15.4. The summed E-state index contributed by atoms with van der Waals surface area (Å²) in [6.07, 6.45) is 3.51. The molecule has 1 fully saturated rings. The lowest BCUT2D eigenvalue weighted by molar-refractivity contribution is -0.895. The van der Waals surface area contributed by atoms with Crippen LogP contribution in [0, 0.1) is 0 Å². The number of para-hydroxylation sites is 1. The largest absolute Gasteiger partial charge is 0.382 e. The number of rotatable bonds is 4. The number of anilines is 1. The monoisotopic (exact) mass is 295 g/mol. The van der Waals surface area contributed by atoms with Crippen molar-refractivity contribution in [2.75, 3.05) is 32.5 Å². The summed E-state index contributed by atoms with van der Waals surface area (Å²) in [5.74, 6) is 0. The number of piperidine rings is 1. The van der Waals surface area contributed by atoms with E-state index in [4.69, 9.17) is 0 Å². The SMILES string of the molecule is C[N+]1(C)CCC(Nc2ccccc2Cc2ccccc2)CC1. The van der Waals surface area contributed by atoms with E-state index in [0.717, 1.165) is 10.9 Å². The first kappa shape index (κ1) is 15.1. The van der Waals surface area contributed by atoms with Crippen molar-refractivity contribution in [3.8, 4) is 0 Å². The summed E-state index contributed by atoms with van der Waals surface area (Å²) in [6.45, 7) is 2.52. The van der Waals surface area contributed by atoms with Gasteiger partial charge in [0.2, 0.25) is 0 Å². The zero-order valence-corrected chi connectivity index (χ0v) is 13.8. The third-order valence-corrected chi connectivity index (χ3v) is 4.78. The molecular formula is C20H27N2+. The number of likely N-dealkylation sites (tertiary alicyclic amines) is 1. The molecule has 3 rings (SSSR count). The van der Waals surface area contributed by atoms with Gasteiger partial charge < -0.3 is 9.80 Å². The minimum Gasteiger partial charge on any atom is -0.382 e. The van der Waals surface area contributed by atoms with Crippen LogP contribution in [0.5, 0.6) is 0 Å². The Morgan fingerprint density at radius 3 is 2.27 bits per heavy atom. The van der Waals surface area contributed by atoms with Gasteiger partial charge in [-0.3, -0.25) is 0 Å². The molecule has 1 N–H and O–H groups in total. The lowest BCUT2D eigenvalue weighted by Crippen LogP contribution is -2.49. The molecule has 22 heavy (non-hydrogen) atoms. The third kappa shape index (κ3) is 3.89. The van der Waals surface area contributed by atoms with Gasteiger partial charge in [-0.15, -0.1) is 0 Å². The minimum absolute atomic E-state index is 0.614. The number of quaternary nitrogens is 1. The van der Waals surface area contributed by atoms with Gasteiger partial charge in [0.05, 0.1) is 27.2 Å². The van der Waals surface area contributed by atoms with Crippen molar-refractivity contribution in [2.24, 2.45) is 0 Å². The van der Waals surface area contributed by atoms with Crippen LogP contribution in [-0.2, 0) is 6.42 Å². The van der Waals surface area contributed by atoms with Crippen LogP contribution in [0.25, 0.3) is 0 Å². The Hall–Kier alpha value is -1.80. The molecule has 2 nitrogen and oxygen atoms in total. The first-order valence-electron chi connectivity index (χ1n) is 8.33. The highest BCUT2D eigenvalue weighted by molar-refractivity contribution is 5.53. The second-order valence-electron chi connectivity index (χ2n) is 7.12. The van der Waals surface area contributed by atoms with Gasteiger partial charge in [0.1, 0.15) is 0 Å². The molecule has 2 aromatic rings. The normalized spacial score (nSPS) is 18.1. The fourth-order valence-corrected chi connectivity index (χ4v) is 3.26. The van der Waals surface area contributed by atoms with Crippen molar-refractivity contribution in [2.45, 2.75) is 25.3 Å². The lowest BCUT2D eigenvalue weighted by Gasteiger charge is -2.37. The van der Waals surface area contributed by atoms with Crippen LogP contribution < -0.4 is 5.32 Å². The average Bonchev–Trinajstić information content (AvgIpc) is 2.52. The van der Waals surface area contributed by atoms with E-state index in [1.165, 1.54) is 42.7 Å². The van der Waals surface area contributed by atoms with Gasteiger partial charge in [-0.25, -0.2) is 0 Å². The molecule has 2 aromatic carbocycles. The lowest BCUT2D eigenvalue weighted by atomic mass is 10.00. The van der Waals surface area contributed by atoms with E-state index in [2.05, 4.69) is 74.0 Å². The number of nitrogens with one attached hydrogen (secondary N) is 1. The van der Waals surface area contributed by atoms with Gasteiger partial charge in [-0.2, -0.15) is 0 Å². The van der Waals surface area contributed by atoms with Gasteiger partial charge in [-0.05, 0) is 23.6 Å². The first-order valence-corrected chi connectivity index (χ1v) is 8.33. The Bertz CT molecular complexity index is 594. The Morgan fingerprint density at radius 1 is 0.909 bits per heavy atom. The molecule has 0 amide bonds. The molecule has 1 heterocycles. The van der Waals surface area contributed by atoms with Crippen LogP contribution in [0.15, 0.2) is 54.6 Å². The number of nitrogens with zero attached hydrogens (tertiary/aromatic N) is 1. The molecule has 1 aliphatic rings. The standard InChI is InChI=1S/C20H27N2/c1-22(2)14-12-19(13-15-22)21-20-11-7-6-10-18(20)16-17-8-4-3-5-9-17/h3-11,19,21H,12-16H2,1-2H3/q+1. The summed E-state index contributed by atoms with van der Waals surface area (Å²) in [5, 5.41) is 3.80. The summed E-state index contributed by atoms with van der Waals surface area (Å²) >= 11 is 0. The van der Waals surface area contributed by atoms with E-state index in [1.54, 1.807) is 0 Å². The highest BCUT2D eigenvalue weighted by Gasteiger charge is 2.26. The molecule has 0 aliphatic carbocycles. The van der Waals surface area contributed by atoms with Gasteiger partial charge in [0.25, 0.3) is 0 Å². The van der Waals surface area contributed by atoms with Crippen LogP contribution in [-0.4, -0.2) is 37.7 Å². The maximum atomic E-state index is 3.80. The van der Waals surface area contributed by atoms with E-state index < -0.39 is 0 Å². The second kappa shape index (κ2) is 6.53. The molecule has 0 unspecified atom stereocenters. The maximum absolute atomic E-state index is 3.80. The molecule has 0 bridgehead atoms. The van der Waals surface area contributed by atoms with E-state index in [9.17, 15) is 0 Å². The number of hydrogen-bond acceptors (Lipinski definition) is 1. The third-order valence-electron chi connectivity index (χ3n) is 4.78. The molecule has 0 atom stereocenters. The molecule has 116 valence electrons. The molecule has 2 heteroatoms. The zero-order valence-electron chi connectivity index (χ0n) is 13.8. The van der Waals surface area contributed by atoms with Crippen molar-refractivity contribution in [1.29, 1.82) is 0 Å². The molecule has 0 saturated carbocycles. The summed E-state index contributed by atoms with van der Waals surface area (Å²) in [4.78, 5) is 0. The molecule has 0 radical (unpaired) electrons. The van der Waals surface area contributed by atoms with Gasteiger partial charge in [0.15, 0.2) is 0 Å². The second-order valence-corrected chi connectivity index (χ2v) is 7.12. The van der Waals surface area contributed by atoms with Crippen LogP contribution in [0.3, 0.4) is 0 Å². The van der Waals surface area contributed by atoms with Gasteiger partial charge >= 0.3 is 0 Å². The first-order chi connectivity index (χ1) is 10.6. The fourth-order valence-electron chi connectivity index (χ4n) is 3.26. The quantitative estimate of drug-likeness (QED) is 0.843. The fraction of sp³-hybridized carbons (Fsp3) is 0.400. The van der Waals surface area contributed by atoms with Crippen molar-refractivity contribution in [3.63, 3.8) is 0 Å². The molecule has 1 aliphatic heterocycles. The van der Waals surface area contributed by atoms with E-state index in [-0.39, 0.29) is 0 Å². The Morgan fingerprint density at radius 2 is 1.55 bits per heavy atom. The van der Waals surface area contributed by atoms with Crippen LogP contribution in [0.1, 0.15) is 24.0 Å². The number of benzene rings is 2. The van der Waals surface area contributed by atoms with Crippen LogP contribution >= 0.6 is 0 Å². The summed E-state index contributed by atoms with van der Waals surface area (Å²) in [7, 11) is 4.67. The Kier molecular flexibility index (Phi) is 4.49. The highest BCUT2D eigenvalue weighted by Crippen LogP contribution is 2.23. The van der Waals surface area contributed by atoms with Crippen molar-refractivity contribution in [1.82, 2.24) is 0 Å².